The molecule has 4 heteroatoms. The minimum atomic E-state index is 0.0749. The van der Waals surface area contributed by atoms with E-state index in [9.17, 15) is 4.79 Å². The molecule has 1 saturated heterocycles. The Bertz CT molecular complexity index is 1040. The number of likely N-dealkylation sites (tertiary alicyclic amines) is 1. The number of piperidine rings is 1. The second-order valence-electron chi connectivity index (χ2n) is 8.82. The van der Waals surface area contributed by atoms with Crippen molar-refractivity contribution in [1.29, 1.82) is 0 Å². The standard InChI is InChI=1S/C29H33NO3/c1-22-7-6-10-27(25-8-4-3-5-9-25)29(22)33-21-28(31)30-19-17-24(18-20-30)12-11-23-13-15-26(32-2)16-14-23/h3-10,13-16,24H,11-12,17-21H2,1-2H3. The van der Waals surface area contributed by atoms with E-state index >= 15 is 0 Å². The molecule has 1 heterocycles. The van der Waals surface area contributed by atoms with Crippen LogP contribution in [0.4, 0.5) is 0 Å². The second kappa shape index (κ2) is 11.0. The van der Waals surface area contributed by atoms with Gasteiger partial charge in [0.05, 0.1) is 7.11 Å². The summed E-state index contributed by atoms with van der Waals surface area (Å²) in [5.74, 6) is 2.43. The summed E-state index contributed by atoms with van der Waals surface area (Å²) in [6.07, 6.45) is 4.35. The lowest BCUT2D eigenvalue weighted by Crippen LogP contribution is -2.41. The first-order chi connectivity index (χ1) is 16.1. The number of carbonyl (C=O) groups excluding carboxylic acids is 1. The highest BCUT2D eigenvalue weighted by Crippen LogP contribution is 2.33. The largest absolute Gasteiger partial charge is 0.497 e. The zero-order valence-electron chi connectivity index (χ0n) is 19.6. The third kappa shape index (κ3) is 5.95. The van der Waals surface area contributed by atoms with Gasteiger partial charge in [0.15, 0.2) is 6.61 Å². The van der Waals surface area contributed by atoms with Crippen molar-refractivity contribution in [3.05, 3.63) is 83.9 Å². The maximum Gasteiger partial charge on any atom is 0.260 e. The Morgan fingerprint density at radius 1 is 0.939 bits per heavy atom. The molecule has 0 atom stereocenters. The fraction of sp³-hybridized carbons (Fsp3) is 0.345. The van der Waals surface area contributed by atoms with Crippen LogP contribution in [0.2, 0.25) is 0 Å². The maximum absolute atomic E-state index is 12.9. The number of carbonyl (C=O) groups is 1. The number of hydrogen-bond acceptors (Lipinski definition) is 3. The fourth-order valence-corrected chi connectivity index (χ4v) is 4.55. The molecule has 3 aromatic rings. The van der Waals surface area contributed by atoms with Gasteiger partial charge in [-0.05, 0) is 67.3 Å². The number of methoxy groups -OCH3 is 1. The summed E-state index contributed by atoms with van der Waals surface area (Å²) in [7, 11) is 1.69. The van der Waals surface area contributed by atoms with Gasteiger partial charge in [0, 0.05) is 18.7 Å². The second-order valence-corrected chi connectivity index (χ2v) is 8.82. The van der Waals surface area contributed by atoms with Crippen LogP contribution < -0.4 is 9.47 Å². The molecule has 1 amide bonds. The van der Waals surface area contributed by atoms with E-state index in [1.807, 2.05) is 54.3 Å². The minimum absolute atomic E-state index is 0.0749. The topological polar surface area (TPSA) is 38.8 Å². The van der Waals surface area contributed by atoms with Crippen LogP contribution in [-0.4, -0.2) is 37.6 Å². The average molecular weight is 444 g/mol. The van der Waals surface area contributed by atoms with Crippen LogP contribution in [0.3, 0.4) is 0 Å². The zero-order valence-corrected chi connectivity index (χ0v) is 19.6. The molecule has 0 saturated carbocycles. The van der Waals surface area contributed by atoms with Crippen molar-refractivity contribution < 1.29 is 14.3 Å². The Hall–Kier alpha value is -3.27. The first kappa shape index (κ1) is 22.9. The van der Waals surface area contributed by atoms with Crippen molar-refractivity contribution in [3.8, 4) is 22.6 Å². The summed E-state index contributed by atoms with van der Waals surface area (Å²) in [6.45, 7) is 3.74. The number of para-hydroxylation sites is 1. The number of amides is 1. The van der Waals surface area contributed by atoms with Crippen molar-refractivity contribution in [2.24, 2.45) is 5.92 Å². The molecule has 1 aliphatic heterocycles. The van der Waals surface area contributed by atoms with Crippen molar-refractivity contribution in [3.63, 3.8) is 0 Å². The molecule has 172 valence electrons. The van der Waals surface area contributed by atoms with E-state index in [0.717, 1.165) is 67.0 Å². The smallest absolute Gasteiger partial charge is 0.260 e. The fourth-order valence-electron chi connectivity index (χ4n) is 4.55. The van der Waals surface area contributed by atoms with Gasteiger partial charge < -0.3 is 14.4 Å². The summed E-state index contributed by atoms with van der Waals surface area (Å²) in [6, 6.07) is 24.6. The van der Waals surface area contributed by atoms with Crippen molar-refractivity contribution in [1.82, 2.24) is 4.90 Å². The van der Waals surface area contributed by atoms with E-state index in [2.05, 4.69) is 30.3 Å². The van der Waals surface area contributed by atoms with Gasteiger partial charge in [0.25, 0.3) is 5.91 Å². The zero-order chi connectivity index (χ0) is 23.0. The van der Waals surface area contributed by atoms with Gasteiger partial charge in [-0.3, -0.25) is 4.79 Å². The third-order valence-electron chi connectivity index (χ3n) is 6.60. The Labute approximate surface area is 197 Å². The van der Waals surface area contributed by atoms with E-state index in [-0.39, 0.29) is 12.5 Å². The van der Waals surface area contributed by atoms with Crippen molar-refractivity contribution in [2.75, 3.05) is 26.8 Å². The molecule has 4 nitrogen and oxygen atoms in total. The summed E-state index contributed by atoms with van der Waals surface area (Å²) in [5, 5.41) is 0. The van der Waals surface area contributed by atoms with E-state index < -0.39 is 0 Å². The Morgan fingerprint density at radius 3 is 2.36 bits per heavy atom. The number of nitrogens with zero attached hydrogens (tertiary/aromatic N) is 1. The van der Waals surface area contributed by atoms with E-state index in [0.29, 0.717) is 5.92 Å². The number of hydrogen-bond donors (Lipinski definition) is 0. The molecule has 0 spiro atoms. The molecule has 0 aliphatic carbocycles. The lowest BCUT2D eigenvalue weighted by molar-refractivity contribution is -0.134. The summed E-state index contributed by atoms with van der Waals surface area (Å²) in [5.41, 5.74) is 4.51. The number of benzene rings is 3. The number of rotatable bonds is 8. The molecule has 3 aromatic carbocycles. The summed E-state index contributed by atoms with van der Waals surface area (Å²) >= 11 is 0. The first-order valence-electron chi connectivity index (χ1n) is 11.8. The van der Waals surface area contributed by atoms with Gasteiger partial charge in [-0.25, -0.2) is 0 Å². The molecule has 4 rings (SSSR count). The third-order valence-corrected chi connectivity index (χ3v) is 6.60. The summed E-state index contributed by atoms with van der Waals surface area (Å²) < 4.78 is 11.3. The van der Waals surface area contributed by atoms with Gasteiger partial charge in [0.2, 0.25) is 0 Å². The van der Waals surface area contributed by atoms with Gasteiger partial charge in [-0.1, -0.05) is 60.7 Å². The monoisotopic (exact) mass is 443 g/mol. The molecule has 1 fully saturated rings. The van der Waals surface area contributed by atoms with E-state index in [1.165, 1.54) is 5.56 Å². The van der Waals surface area contributed by atoms with E-state index in [4.69, 9.17) is 9.47 Å². The Morgan fingerprint density at radius 2 is 1.67 bits per heavy atom. The molecule has 0 N–H and O–H groups in total. The van der Waals surface area contributed by atoms with Crippen LogP contribution in [-0.2, 0) is 11.2 Å². The van der Waals surface area contributed by atoms with Gasteiger partial charge >= 0.3 is 0 Å². The van der Waals surface area contributed by atoms with E-state index in [1.54, 1.807) is 7.11 Å². The predicted octanol–water partition coefficient (Wildman–Crippen LogP) is 5.92. The molecule has 1 aliphatic rings. The van der Waals surface area contributed by atoms with Crippen LogP contribution in [0.25, 0.3) is 11.1 Å². The van der Waals surface area contributed by atoms with Gasteiger partial charge in [-0.15, -0.1) is 0 Å². The first-order valence-corrected chi connectivity index (χ1v) is 11.8. The van der Waals surface area contributed by atoms with Crippen LogP contribution in [0.1, 0.15) is 30.4 Å². The minimum Gasteiger partial charge on any atom is -0.497 e. The Balaban J connectivity index is 1.27. The van der Waals surface area contributed by atoms with Crippen molar-refractivity contribution in [2.45, 2.75) is 32.6 Å². The highest BCUT2D eigenvalue weighted by atomic mass is 16.5. The average Bonchev–Trinajstić information content (AvgIpc) is 2.87. The molecular formula is C29H33NO3. The lowest BCUT2D eigenvalue weighted by atomic mass is 9.90. The van der Waals surface area contributed by atoms with Crippen LogP contribution in [0.5, 0.6) is 11.5 Å². The van der Waals surface area contributed by atoms with Gasteiger partial charge in [0.1, 0.15) is 11.5 Å². The molecular weight excluding hydrogens is 410 g/mol. The predicted molar refractivity (Wildman–Crippen MR) is 133 cm³/mol. The van der Waals surface area contributed by atoms with Crippen LogP contribution >= 0.6 is 0 Å². The van der Waals surface area contributed by atoms with Crippen LogP contribution in [0, 0.1) is 12.8 Å². The molecule has 0 unspecified atom stereocenters. The molecule has 0 aromatic heterocycles. The lowest BCUT2D eigenvalue weighted by Gasteiger charge is -2.32. The number of ether oxygens (including phenoxy) is 2. The van der Waals surface area contributed by atoms with Gasteiger partial charge in [-0.2, -0.15) is 0 Å². The SMILES string of the molecule is COc1ccc(CCC2CCN(C(=O)COc3c(C)cccc3-c3ccccc3)CC2)cc1. The van der Waals surface area contributed by atoms with Crippen molar-refractivity contribution >= 4 is 5.91 Å². The molecule has 33 heavy (non-hydrogen) atoms. The highest BCUT2D eigenvalue weighted by Gasteiger charge is 2.23. The summed E-state index contributed by atoms with van der Waals surface area (Å²) in [4.78, 5) is 14.8. The van der Waals surface area contributed by atoms with Crippen LogP contribution in [0.15, 0.2) is 72.8 Å². The highest BCUT2D eigenvalue weighted by molar-refractivity contribution is 5.79. The maximum atomic E-state index is 12.9. The molecule has 0 radical (unpaired) electrons. The molecule has 0 bridgehead atoms. The Kier molecular flexibility index (Phi) is 7.66. The normalized spacial score (nSPS) is 14.2. The quantitative estimate of drug-likeness (QED) is 0.434. The number of aryl methyl sites for hydroxylation is 2.